The molecule has 0 aromatic carbocycles. The van der Waals surface area contributed by atoms with Crippen LogP contribution in [-0.2, 0) is 10.8 Å². The fourth-order valence-electron chi connectivity index (χ4n) is 1.34. The van der Waals surface area contributed by atoms with E-state index in [4.69, 9.17) is 0 Å². The van der Waals surface area contributed by atoms with Crippen molar-refractivity contribution in [3.8, 4) is 0 Å². The zero-order valence-corrected chi connectivity index (χ0v) is 14.0. The Morgan fingerprint density at radius 3 is 2.59 bits per heavy atom. The van der Waals surface area contributed by atoms with Gasteiger partial charge >= 0.3 is 0 Å². The van der Waals surface area contributed by atoms with Gasteiger partial charge in [0.05, 0.1) is 3.79 Å². The molecule has 0 amide bonds. The maximum atomic E-state index is 11.9. The molecule has 0 saturated carbocycles. The number of rotatable bonds is 5. The highest BCUT2D eigenvalue weighted by Gasteiger charge is 2.19. The van der Waals surface area contributed by atoms with E-state index in [1.54, 1.807) is 11.3 Å². The van der Waals surface area contributed by atoms with Crippen LogP contribution < -0.4 is 5.32 Å². The second-order valence-corrected chi connectivity index (χ2v) is 9.80. The van der Waals surface area contributed by atoms with Crippen LogP contribution in [0.1, 0.15) is 38.6 Å². The van der Waals surface area contributed by atoms with Crippen LogP contribution in [0.3, 0.4) is 0 Å². The van der Waals surface area contributed by atoms with E-state index in [1.165, 1.54) is 4.88 Å². The number of hydrogen-bond donors (Lipinski definition) is 1. The molecule has 0 aliphatic carbocycles. The lowest BCUT2D eigenvalue weighted by atomic mass is 10.3. The summed E-state index contributed by atoms with van der Waals surface area (Å²) in [7, 11) is -0.773. The molecule has 0 fully saturated rings. The minimum Gasteiger partial charge on any atom is -0.309 e. The average molecular weight is 338 g/mol. The van der Waals surface area contributed by atoms with Crippen molar-refractivity contribution in [3.05, 3.63) is 20.8 Å². The second kappa shape index (κ2) is 6.45. The summed E-state index contributed by atoms with van der Waals surface area (Å²) in [5.74, 6) is 0.709. The minimum absolute atomic E-state index is 0.114. The molecule has 98 valence electrons. The lowest BCUT2D eigenvalue weighted by Gasteiger charge is -2.19. The molecule has 17 heavy (non-hydrogen) atoms. The molecule has 2 atom stereocenters. The monoisotopic (exact) mass is 337 g/mol. The second-order valence-electron chi connectivity index (χ2n) is 4.98. The van der Waals surface area contributed by atoms with Gasteiger partial charge in [0.2, 0.25) is 0 Å². The van der Waals surface area contributed by atoms with Crippen LogP contribution in [0.25, 0.3) is 0 Å². The van der Waals surface area contributed by atoms with Gasteiger partial charge in [-0.3, -0.25) is 4.21 Å². The number of nitrogens with one attached hydrogen (secondary N) is 1. The van der Waals surface area contributed by atoms with Gasteiger partial charge in [-0.05, 0) is 55.8 Å². The Kier molecular flexibility index (Phi) is 5.83. The Balaban J connectivity index is 2.35. The summed E-state index contributed by atoms with van der Waals surface area (Å²) in [5, 5.41) is 3.41. The summed E-state index contributed by atoms with van der Waals surface area (Å²) in [6.45, 7) is 8.98. The van der Waals surface area contributed by atoms with Crippen LogP contribution in [0.4, 0.5) is 0 Å². The molecule has 0 bridgehead atoms. The fourth-order valence-corrected chi connectivity index (χ4v) is 3.70. The van der Waals surface area contributed by atoms with Gasteiger partial charge in [-0.2, -0.15) is 0 Å². The van der Waals surface area contributed by atoms with E-state index in [2.05, 4.69) is 40.3 Å². The lowest BCUT2D eigenvalue weighted by Crippen LogP contribution is -2.30. The first-order valence-corrected chi connectivity index (χ1v) is 8.60. The van der Waals surface area contributed by atoms with E-state index in [1.807, 2.05) is 20.8 Å². The summed E-state index contributed by atoms with van der Waals surface area (Å²) in [5.41, 5.74) is 0. The third-order valence-corrected chi connectivity index (χ3v) is 6.19. The smallest absolute Gasteiger partial charge is 0.0701 e. The molecule has 1 aromatic heterocycles. The third kappa shape index (κ3) is 5.20. The largest absolute Gasteiger partial charge is 0.309 e. The van der Waals surface area contributed by atoms with Gasteiger partial charge in [0.1, 0.15) is 0 Å². The third-order valence-electron chi connectivity index (χ3n) is 2.44. The molecule has 2 nitrogen and oxygen atoms in total. The molecule has 0 radical (unpaired) electrons. The first-order valence-electron chi connectivity index (χ1n) is 5.68. The van der Waals surface area contributed by atoms with Gasteiger partial charge in [-0.25, -0.2) is 0 Å². The number of halogens is 1. The molecule has 1 rings (SSSR count). The number of hydrogen-bond acceptors (Lipinski definition) is 3. The molecular weight excluding hydrogens is 318 g/mol. The van der Waals surface area contributed by atoms with Crippen LogP contribution in [0.5, 0.6) is 0 Å². The van der Waals surface area contributed by atoms with E-state index in [9.17, 15) is 4.21 Å². The van der Waals surface area contributed by atoms with Crippen molar-refractivity contribution < 1.29 is 4.21 Å². The van der Waals surface area contributed by atoms with Gasteiger partial charge in [-0.15, -0.1) is 11.3 Å². The van der Waals surface area contributed by atoms with Gasteiger partial charge in [-0.1, -0.05) is 0 Å². The number of thiophene rings is 1. The van der Waals surface area contributed by atoms with E-state index in [0.29, 0.717) is 11.8 Å². The molecule has 5 heteroatoms. The summed E-state index contributed by atoms with van der Waals surface area (Å²) < 4.78 is 12.9. The molecular formula is C12H20BrNOS2. The normalized spacial score (nSPS) is 15.8. The Labute approximate surface area is 119 Å². The van der Waals surface area contributed by atoms with E-state index in [-0.39, 0.29) is 4.75 Å². The maximum absolute atomic E-state index is 11.9. The van der Waals surface area contributed by atoms with Crippen LogP contribution in [0.15, 0.2) is 15.9 Å². The molecule has 1 aromatic rings. The Bertz CT molecular complexity index is 384. The van der Waals surface area contributed by atoms with Crippen LogP contribution in [0.2, 0.25) is 0 Å². The van der Waals surface area contributed by atoms with Gasteiger partial charge in [0.25, 0.3) is 0 Å². The highest BCUT2D eigenvalue weighted by Crippen LogP contribution is 2.26. The molecule has 2 unspecified atom stereocenters. The summed E-state index contributed by atoms with van der Waals surface area (Å²) in [4.78, 5) is 1.30. The van der Waals surface area contributed by atoms with Crippen molar-refractivity contribution in [2.75, 3.05) is 12.3 Å². The van der Waals surface area contributed by atoms with Crippen molar-refractivity contribution in [3.63, 3.8) is 0 Å². The minimum atomic E-state index is -0.773. The summed E-state index contributed by atoms with van der Waals surface area (Å²) in [6, 6.07) is 4.50. The predicted molar refractivity (Wildman–Crippen MR) is 81.2 cm³/mol. The van der Waals surface area contributed by atoms with Crippen LogP contribution in [0, 0.1) is 0 Å². The highest BCUT2D eigenvalue weighted by molar-refractivity contribution is 9.11. The quantitative estimate of drug-likeness (QED) is 0.887. The van der Waals surface area contributed by atoms with Crippen molar-refractivity contribution in [1.29, 1.82) is 0 Å². The SMILES string of the molecule is CC(NCCS(=O)C(C)(C)C)c1ccc(Br)s1. The van der Waals surface area contributed by atoms with Crippen LogP contribution >= 0.6 is 27.3 Å². The molecule has 0 spiro atoms. The van der Waals surface area contributed by atoms with E-state index < -0.39 is 10.8 Å². The Hall–Kier alpha value is 0.290. The zero-order chi connectivity index (χ0) is 13.1. The Morgan fingerprint density at radius 1 is 1.47 bits per heavy atom. The Morgan fingerprint density at radius 2 is 2.12 bits per heavy atom. The van der Waals surface area contributed by atoms with E-state index >= 15 is 0 Å². The average Bonchev–Trinajstić information content (AvgIpc) is 2.63. The predicted octanol–water partition coefficient (Wildman–Crippen LogP) is 3.71. The topological polar surface area (TPSA) is 29.1 Å². The van der Waals surface area contributed by atoms with Crippen molar-refractivity contribution >= 4 is 38.1 Å². The van der Waals surface area contributed by atoms with Crippen molar-refractivity contribution in [2.45, 2.75) is 38.5 Å². The fraction of sp³-hybridized carbons (Fsp3) is 0.667. The molecule has 1 heterocycles. The standard InChI is InChI=1S/C12H20BrNOS2/c1-9(10-5-6-11(13)16-10)14-7-8-17(15)12(2,3)4/h5-6,9,14H,7-8H2,1-4H3. The van der Waals surface area contributed by atoms with Crippen molar-refractivity contribution in [1.82, 2.24) is 5.32 Å². The first kappa shape index (κ1) is 15.3. The summed E-state index contributed by atoms with van der Waals surface area (Å²) >= 11 is 5.20. The first-order chi connectivity index (χ1) is 7.80. The molecule has 1 N–H and O–H groups in total. The molecule has 0 saturated heterocycles. The van der Waals surface area contributed by atoms with E-state index in [0.717, 1.165) is 10.3 Å². The van der Waals surface area contributed by atoms with Gasteiger partial charge < -0.3 is 5.32 Å². The van der Waals surface area contributed by atoms with Gasteiger partial charge in [0, 0.05) is 38.8 Å². The highest BCUT2D eigenvalue weighted by atomic mass is 79.9. The lowest BCUT2D eigenvalue weighted by molar-refractivity contribution is 0.598. The van der Waals surface area contributed by atoms with Crippen molar-refractivity contribution in [2.24, 2.45) is 0 Å². The zero-order valence-electron chi connectivity index (χ0n) is 10.7. The summed E-state index contributed by atoms with van der Waals surface area (Å²) in [6.07, 6.45) is 0. The van der Waals surface area contributed by atoms with Gasteiger partial charge in [0.15, 0.2) is 0 Å². The van der Waals surface area contributed by atoms with Crippen LogP contribution in [-0.4, -0.2) is 21.3 Å². The molecule has 0 aliphatic heterocycles. The molecule has 0 aliphatic rings. The maximum Gasteiger partial charge on any atom is 0.0701 e.